The van der Waals surface area contributed by atoms with E-state index >= 15 is 0 Å². The van der Waals surface area contributed by atoms with Crippen LogP contribution in [0, 0.1) is 0 Å². The largest absolute Gasteiger partial charge is 0.383 e. The van der Waals surface area contributed by atoms with Gasteiger partial charge in [-0.05, 0) is 26.2 Å². The van der Waals surface area contributed by atoms with E-state index in [1.807, 2.05) is 0 Å². The van der Waals surface area contributed by atoms with Gasteiger partial charge in [0.1, 0.15) is 0 Å². The van der Waals surface area contributed by atoms with Crippen molar-refractivity contribution in [2.75, 3.05) is 46.4 Å². The molecule has 1 rings (SSSR count). The van der Waals surface area contributed by atoms with Gasteiger partial charge in [-0.15, -0.1) is 0 Å². The summed E-state index contributed by atoms with van der Waals surface area (Å²) in [6.07, 6.45) is 5.02. The third kappa shape index (κ3) is 7.70. The first-order valence-electron chi connectivity index (χ1n) is 8.07. The van der Waals surface area contributed by atoms with Gasteiger partial charge in [0.2, 0.25) is 0 Å². The van der Waals surface area contributed by atoms with Crippen molar-refractivity contribution in [2.45, 2.75) is 45.6 Å². The third-order valence-electron chi connectivity index (χ3n) is 3.46. The molecule has 0 bridgehead atoms. The molecule has 0 amide bonds. The lowest BCUT2D eigenvalue weighted by Crippen LogP contribution is -2.42. The van der Waals surface area contributed by atoms with E-state index in [9.17, 15) is 0 Å². The SMILES string of the molecule is CCCCN=C(NCC)NCCN(CCOC)C1CC1. The average molecular weight is 284 g/mol. The Morgan fingerprint density at radius 1 is 1.25 bits per heavy atom. The summed E-state index contributed by atoms with van der Waals surface area (Å²) in [6, 6.07) is 0.784. The van der Waals surface area contributed by atoms with Crippen LogP contribution in [-0.2, 0) is 4.74 Å². The molecule has 0 aromatic carbocycles. The highest BCUT2D eigenvalue weighted by molar-refractivity contribution is 5.79. The maximum atomic E-state index is 5.18. The van der Waals surface area contributed by atoms with Gasteiger partial charge in [-0.3, -0.25) is 9.89 Å². The van der Waals surface area contributed by atoms with Crippen LogP contribution in [0.2, 0.25) is 0 Å². The van der Waals surface area contributed by atoms with Gasteiger partial charge in [0.25, 0.3) is 0 Å². The van der Waals surface area contributed by atoms with Crippen LogP contribution in [0.5, 0.6) is 0 Å². The molecule has 1 aliphatic carbocycles. The van der Waals surface area contributed by atoms with Gasteiger partial charge in [0.05, 0.1) is 6.61 Å². The molecule has 0 aliphatic heterocycles. The molecule has 1 saturated carbocycles. The topological polar surface area (TPSA) is 48.9 Å². The van der Waals surface area contributed by atoms with Crippen LogP contribution < -0.4 is 10.6 Å². The molecule has 5 nitrogen and oxygen atoms in total. The Hall–Kier alpha value is -0.810. The van der Waals surface area contributed by atoms with Gasteiger partial charge >= 0.3 is 0 Å². The summed E-state index contributed by atoms with van der Waals surface area (Å²) >= 11 is 0. The first kappa shape index (κ1) is 17.2. The van der Waals surface area contributed by atoms with E-state index in [1.165, 1.54) is 19.3 Å². The molecule has 1 aliphatic rings. The smallest absolute Gasteiger partial charge is 0.191 e. The lowest BCUT2D eigenvalue weighted by atomic mass is 10.3. The zero-order chi connectivity index (χ0) is 14.6. The van der Waals surface area contributed by atoms with Crippen molar-refractivity contribution in [3.8, 4) is 0 Å². The summed E-state index contributed by atoms with van der Waals surface area (Å²) < 4.78 is 5.18. The summed E-state index contributed by atoms with van der Waals surface area (Å²) in [5.74, 6) is 0.948. The lowest BCUT2D eigenvalue weighted by Gasteiger charge is -2.22. The Balaban J connectivity index is 2.24. The van der Waals surface area contributed by atoms with Crippen LogP contribution in [0.3, 0.4) is 0 Å². The fraction of sp³-hybridized carbons (Fsp3) is 0.933. The fourth-order valence-electron chi connectivity index (χ4n) is 2.13. The number of hydrogen-bond donors (Lipinski definition) is 2. The first-order valence-corrected chi connectivity index (χ1v) is 8.07. The lowest BCUT2D eigenvalue weighted by molar-refractivity contribution is 0.144. The van der Waals surface area contributed by atoms with E-state index in [0.717, 1.165) is 57.8 Å². The van der Waals surface area contributed by atoms with Crippen LogP contribution in [0.1, 0.15) is 39.5 Å². The molecular weight excluding hydrogens is 252 g/mol. The van der Waals surface area contributed by atoms with E-state index in [2.05, 4.69) is 34.4 Å². The van der Waals surface area contributed by atoms with Crippen molar-refractivity contribution >= 4 is 5.96 Å². The van der Waals surface area contributed by atoms with Gasteiger partial charge in [0.15, 0.2) is 5.96 Å². The molecule has 2 N–H and O–H groups in total. The third-order valence-corrected chi connectivity index (χ3v) is 3.46. The Bertz CT molecular complexity index is 267. The Morgan fingerprint density at radius 2 is 2.05 bits per heavy atom. The quantitative estimate of drug-likeness (QED) is 0.342. The van der Waals surface area contributed by atoms with Crippen molar-refractivity contribution in [3.63, 3.8) is 0 Å². The molecule has 20 heavy (non-hydrogen) atoms. The minimum atomic E-state index is 0.784. The highest BCUT2D eigenvalue weighted by Crippen LogP contribution is 2.25. The monoisotopic (exact) mass is 284 g/mol. The van der Waals surface area contributed by atoms with Crippen LogP contribution in [-0.4, -0.2) is 63.3 Å². The van der Waals surface area contributed by atoms with Crippen molar-refractivity contribution < 1.29 is 4.74 Å². The molecule has 0 spiro atoms. The van der Waals surface area contributed by atoms with Gasteiger partial charge in [-0.25, -0.2) is 0 Å². The first-order chi connectivity index (χ1) is 9.81. The van der Waals surface area contributed by atoms with Crippen LogP contribution >= 0.6 is 0 Å². The highest BCUT2D eigenvalue weighted by atomic mass is 16.5. The molecule has 0 heterocycles. The van der Waals surface area contributed by atoms with E-state index in [0.29, 0.717) is 0 Å². The van der Waals surface area contributed by atoms with Gasteiger partial charge in [0, 0.05) is 45.9 Å². The van der Waals surface area contributed by atoms with Gasteiger partial charge in [-0.1, -0.05) is 13.3 Å². The van der Waals surface area contributed by atoms with Crippen molar-refractivity contribution in [1.82, 2.24) is 15.5 Å². The molecule has 0 unspecified atom stereocenters. The zero-order valence-electron chi connectivity index (χ0n) is 13.5. The molecule has 1 fully saturated rings. The standard InChI is InChI=1S/C15H32N4O/c1-4-6-9-17-15(16-5-2)18-10-11-19(12-13-20-3)14-7-8-14/h14H,4-13H2,1-3H3,(H2,16,17,18). The average Bonchev–Trinajstić information content (AvgIpc) is 3.27. The zero-order valence-corrected chi connectivity index (χ0v) is 13.5. The maximum absolute atomic E-state index is 5.18. The number of methoxy groups -OCH3 is 1. The Labute approximate surface area is 124 Å². The van der Waals surface area contributed by atoms with Crippen LogP contribution in [0.4, 0.5) is 0 Å². The number of hydrogen-bond acceptors (Lipinski definition) is 3. The summed E-state index contributed by atoms with van der Waals surface area (Å²) in [7, 11) is 1.77. The van der Waals surface area contributed by atoms with E-state index in [4.69, 9.17) is 4.74 Å². The normalized spacial score (nSPS) is 15.7. The number of guanidine groups is 1. The van der Waals surface area contributed by atoms with Gasteiger partial charge < -0.3 is 15.4 Å². The molecule has 5 heteroatoms. The second kappa shape index (κ2) is 10.9. The summed E-state index contributed by atoms with van der Waals surface area (Å²) in [5.41, 5.74) is 0. The summed E-state index contributed by atoms with van der Waals surface area (Å²) in [4.78, 5) is 7.09. The molecule has 0 aromatic heterocycles. The van der Waals surface area contributed by atoms with Crippen LogP contribution in [0.15, 0.2) is 4.99 Å². The molecule has 0 atom stereocenters. The number of unbranched alkanes of at least 4 members (excludes halogenated alkanes) is 1. The number of nitrogens with zero attached hydrogens (tertiary/aromatic N) is 2. The molecule has 0 radical (unpaired) electrons. The number of aliphatic imine (C=N–C) groups is 1. The minimum Gasteiger partial charge on any atom is -0.383 e. The van der Waals surface area contributed by atoms with E-state index in [-0.39, 0.29) is 0 Å². The number of ether oxygens (including phenoxy) is 1. The van der Waals surface area contributed by atoms with Gasteiger partial charge in [-0.2, -0.15) is 0 Å². The summed E-state index contributed by atoms with van der Waals surface area (Å²) in [6.45, 7) is 9.97. The molecule has 0 aromatic rings. The Kier molecular flexibility index (Phi) is 9.41. The van der Waals surface area contributed by atoms with Crippen molar-refractivity contribution in [1.29, 1.82) is 0 Å². The van der Waals surface area contributed by atoms with E-state index < -0.39 is 0 Å². The summed E-state index contributed by atoms with van der Waals surface area (Å²) in [5, 5.41) is 6.72. The van der Waals surface area contributed by atoms with Crippen molar-refractivity contribution in [2.24, 2.45) is 4.99 Å². The fourth-order valence-corrected chi connectivity index (χ4v) is 2.13. The Morgan fingerprint density at radius 3 is 2.65 bits per heavy atom. The molecular formula is C15H32N4O. The predicted octanol–water partition coefficient (Wildman–Crippen LogP) is 1.45. The molecule has 0 saturated heterocycles. The second-order valence-corrected chi connectivity index (χ2v) is 5.30. The number of rotatable bonds is 11. The van der Waals surface area contributed by atoms with Crippen LogP contribution in [0.25, 0.3) is 0 Å². The number of nitrogens with one attached hydrogen (secondary N) is 2. The predicted molar refractivity (Wildman–Crippen MR) is 85.4 cm³/mol. The van der Waals surface area contributed by atoms with Crippen molar-refractivity contribution in [3.05, 3.63) is 0 Å². The van der Waals surface area contributed by atoms with E-state index in [1.54, 1.807) is 7.11 Å². The molecule has 118 valence electrons. The maximum Gasteiger partial charge on any atom is 0.191 e. The minimum absolute atomic E-state index is 0.784. The second-order valence-electron chi connectivity index (χ2n) is 5.30. The highest BCUT2D eigenvalue weighted by Gasteiger charge is 2.28.